The molecule has 0 aliphatic carbocycles. The highest BCUT2D eigenvalue weighted by Gasteiger charge is 2.13. The second-order valence-electron chi connectivity index (χ2n) is 5.44. The average molecular weight is 365 g/mol. The summed E-state index contributed by atoms with van der Waals surface area (Å²) in [6.45, 7) is 3.92. The summed E-state index contributed by atoms with van der Waals surface area (Å²) in [5.41, 5.74) is 1.21. The standard InChI is InChI=1S/C18H18Cl2N2O2/c1-3-11(2)21-17(23)12-5-4-6-13(9-12)18(24)22-16-10-14(19)7-8-15(16)20/h4-11H,3H2,1-2H3,(H,21,23)(H,22,24). The third kappa shape index (κ3) is 4.73. The van der Waals surface area contributed by atoms with Gasteiger partial charge in [0.15, 0.2) is 0 Å². The predicted octanol–water partition coefficient (Wildman–Crippen LogP) is 4.77. The Labute approximate surface area is 151 Å². The predicted molar refractivity (Wildman–Crippen MR) is 98.1 cm³/mol. The van der Waals surface area contributed by atoms with E-state index in [0.29, 0.717) is 26.9 Å². The second kappa shape index (κ2) is 8.18. The monoisotopic (exact) mass is 364 g/mol. The van der Waals surface area contributed by atoms with Gasteiger partial charge in [0, 0.05) is 22.2 Å². The van der Waals surface area contributed by atoms with Gasteiger partial charge in [-0.15, -0.1) is 0 Å². The van der Waals surface area contributed by atoms with E-state index < -0.39 is 0 Å². The number of rotatable bonds is 5. The van der Waals surface area contributed by atoms with E-state index in [1.165, 1.54) is 0 Å². The first kappa shape index (κ1) is 18.3. The number of amides is 2. The number of hydrogen-bond donors (Lipinski definition) is 2. The first-order valence-electron chi connectivity index (χ1n) is 7.58. The van der Waals surface area contributed by atoms with Crippen LogP contribution in [-0.2, 0) is 0 Å². The van der Waals surface area contributed by atoms with Crippen molar-refractivity contribution in [1.29, 1.82) is 0 Å². The molecule has 2 aromatic rings. The Balaban J connectivity index is 2.17. The molecule has 0 aliphatic heterocycles. The summed E-state index contributed by atoms with van der Waals surface area (Å²) >= 11 is 12.0. The first-order valence-corrected chi connectivity index (χ1v) is 8.33. The number of hydrogen-bond acceptors (Lipinski definition) is 2. The maximum Gasteiger partial charge on any atom is 0.255 e. The highest BCUT2D eigenvalue weighted by atomic mass is 35.5. The van der Waals surface area contributed by atoms with Crippen molar-refractivity contribution in [3.8, 4) is 0 Å². The van der Waals surface area contributed by atoms with Gasteiger partial charge in [-0.25, -0.2) is 0 Å². The van der Waals surface area contributed by atoms with Crippen molar-refractivity contribution < 1.29 is 9.59 Å². The van der Waals surface area contributed by atoms with Crippen LogP contribution >= 0.6 is 23.2 Å². The average Bonchev–Trinajstić information content (AvgIpc) is 2.58. The van der Waals surface area contributed by atoms with Crippen LogP contribution in [0, 0.1) is 0 Å². The van der Waals surface area contributed by atoms with E-state index in [4.69, 9.17) is 23.2 Å². The molecule has 0 aromatic heterocycles. The topological polar surface area (TPSA) is 58.2 Å². The fraction of sp³-hybridized carbons (Fsp3) is 0.222. The molecule has 1 atom stereocenters. The Morgan fingerprint density at radius 1 is 1.04 bits per heavy atom. The summed E-state index contributed by atoms with van der Waals surface area (Å²) in [5, 5.41) is 6.42. The molecule has 6 heteroatoms. The van der Waals surface area contributed by atoms with Gasteiger partial charge in [0.1, 0.15) is 0 Å². The van der Waals surface area contributed by atoms with Crippen molar-refractivity contribution in [3.63, 3.8) is 0 Å². The maximum absolute atomic E-state index is 12.4. The van der Waals surface area contributed by atoms with Gasteiger partial charge in [0.2, 0.25) is 0 Å². The summed E-state index contributed by atoms with van der Waals surface area (Å²) in [7, 11) is 0. The lowest BCUT2D eigenvalue weighted by Gasteiger charge is -2.12. The van der Waals surface area contributed by atoms with E-state index in [0.717, 1.165) is 6.42 Å². The van der Waals surface area contributed by atoms with Crippen LogP contribution in [0.25, 0.3) is 0 Å². The molecule has 126 valence electrons. The Bertz CT molecular complexity index is 762. The molecule has 1 unspecified atom stereocenters. The van der Waals surface area contributed by atoms with E-state index in [1.54, 1.807) is 42.5 Å². The highest BCUT2D eigenvalue weighted by molar-refractivity contribution is 6.35. The maximum atomic E-state index is 12.4. The molecule has 0 spiro atoms. The van der Waals surface area contributed by atoms with Crippen molar-refractivity contribution in [1.82, 2.24) is 5.32 Å². The molecule has 2 rings (SSSR count). The summed E-state index contributed by atoms with van der Waals surface area (Å²) < 4.78 is 0. The van der Waals surface area contributed by atoms with Gasteiger partial charge in [-0.05, 0) is 49.7 Å². The lowest BCUT2D eigenvalue weighted by molar-refractivity contribution is 0.0939. The number of carbonyl (C=O) groups excluding carboxylic acids is 2. The number of carbonyl (C=O) groups is 2. The Morgan fingerprint density at radius 3 is 2.38 bits per heavy atom. The minimum absolute atomic E-state index is 0.0697. The normalized spacial score (nSPS) is 11.7. The van der Waals surface area contributed by atoms with Crippen molar-refractivity contribution in [2.75, 3.05) is 5.32 Å². The third-order valence-corrected chi connectivity index (χ3v) is 4.12. The lowest BCUT2D eigenvalue weighted by atomic mass is 10.1. The molecule has 0 radical (unpaired) electrons. The molecule has 0 bridgehead atoms. The minimum atomic E-state index is -0.364. The molecule has 0 aliphatic rings. The van der Waals surface area contributed by atoms with E-state index in [-0.39, 0.29) is 17.9 Å². The van der Waals surface area contributed by atoms with Crippen LogP contribution in [0.2, 0.25) is 10.0 Å². The SMILES string of the molecule is CCC(C)NC(=O)c1cccc(C(=O)Nc2cc(Cl)ccc2Cl)c1. The van der Waals surface area contributed by atoms with Gasteiger partial charge < -0.3 is 10.6 Å². The quantitative estimate of drug-likeness (QED) is 0.802. The lowest BCUT2D eigenvalue weighted by Crippen LogP contribution is -2.32. The van der Waals surface area contributed by atoms with Crippen molar-refractivity contribution in [2.24, 2.45) is 0 Å². The third-order valence-electron chi connectivity index (χ3n) is 3.55. The number of halogens is 2. The summed E-state index contributed by atoms with van der Waals surface area (Å²) in [4.78, 5) is 24.6. The fourth-order valence-electron chi connectivity index (χ4n) is 2.00. The number of nitrogens with one attached hydrogen (secondary N) is 2. The molecular formula is C18H18Cl2N2O2. The van der Waals surface area contributed by atoms with Crippen LogP contribution in [0.1, 0.15) is 41.0 Å². The van der Waals surface area contributed by atoms with Crippen LogP contribution in [0.15, 0.2) is 42.5 Å². The van der Waals surface area contributed by atoms with Gasteiger partial charge in [0.05, 0.1) is 10.7 Å². The van der Waals surface area contributed by atoms with Gasteiger partial charge in [-0.1, -0.05) is 36.2 Å². The van der Waals surface area contributed by atoms with Crippen LogP contribution in [0.5, 0.6) is 0 Å². The van der Waals surface area contributed by atoms with Crippen LogP contribution in [0.4, 0.5) is 5.69 Å². The second-order valence-corrected chi connectivity index (χ2v) is 6.29. The van der Waals surface area contributed by atoms with Crippen LogP contribution in [0.3, 0.4) is 0 Å². The Kier molecular flexibility index (Phi) is 6.23. The molecule has 0 heterocycles. The molecule has 24 heavy (non-hydrogen) atoms. The zero-order valence-electron chi connectivity index (χ0n) is 13.4. The van der Waals surface area contributed by atoms with Gasteiger partial charge in [-0.2, -0.15) is 0 Å². The number of benzene rings is 2. The molecular weight excluding hydrogens is 347 g/mol. The molecule has 2 N–H and O–H groups in total. The van der Waals surface area contributed by atoms with Crippen molar-refractivity contribution >= 4 is 40.7 Å². The first-order chi connectivity index (χ1) is 11.4. The molecule has 2 amide bonds. The van der Waals surface area contributed by atoms with E-state index in [2.05, 4.69) is 10.6 Å². The Hall–Kier alpha value is -2.04. The van der Waals surface area contributed by atoms with Crippen LogP contribution < -0.4 is 10.6 Å². The highest BCUT2D eigenvalue weighted by Crippen LogP contribution is 2.26. The van der Waals surface area contributed by atoms with Gasteiger partial charge >= 0.3 is 0 Å². The molecule has 4 nitrogen and oxygen atoms in total. The van der Waals surface area contributed by atoms with Crippen molar-refractivity contribution in [3.05, 3.63) is 63.6 Å². The zero-order chi connectivity index (χ0) is 17.7. The van der Waals surface area contributed by atoms with E-state index in [9.17, 15) is 9.59 Å². The largest absolute Gasteiger partial charge is 0.350 e. The number of anilines is 1. The van der Waals surface area contributed by atoms with Gasteiger partial charge in [0.25, 0.3) is 11.8 Å². The van der Waals surface area contributed by atoms with E-state index in [1.807, 2.05) is 13.8 Å². The summed E-state index contributed by atoms with van der Waals surface area (Å²) in [5.74, 6) is -0.572. The smallest absolute Gasteiger partial charge is 0.255 e. The molecule has 0 saturated carbocycles. The molecule has 0 fully saturated rings. The van der Waals surface area contributed by atoms with Crippen LogP contribution in [-0.4, -0.2) is 17.9 Å². The zero-order valence-corrected chi connectivity index (χ0v) is 14.9. The summed E-state index contributed by atoms with van der Waals surface area (Å²) in [6, 6.07) is 11.4. The summed E-state index contributed by atoms with van der Waals surface area (Å²) in [6.07, 6.45) is 0.833. The fourth-order valence-corrected chi connectivity index (χ4v) is 2.34. The Morgan fingerprint density at radius 2 is 1.71 bits per heavy atom. The minimum Gasteiger partial charge on any atom is -0.350 e. The molecule has 2 aromatic carbocycles. The molecule has 0 saturated heterocycles. The van der Waals surface area contributed by atoms with E-state index >= 15 is 0 Å². The van der Waals surface area contributed by atoms with Gasteiger partial charge in [-0.3, -0.25) is 9.59 Å². The van der Waals surface area contributed by atoms with Crippen molar-refractivity contribution in [2.45, 2.75) is 26.3 Å².